The van der Waals surface area contributed by atoms with Crippen molar-refractivity contribution in [2.24, 2.45) is 5.73 Å². The second kappa shape index (κ2) is 3.50. The highest BCUT2D eigenvalue weighted by Crippen LogP contribution is 2.05. The third-order valence-electron chi connectivity index (χ3n) is 0.644. The van der Waals surface area contributed by atoms with E-state index in [0.717, 1.165) is 11.7 Å². The van der Waals surface area contributed by atoms with Gasteiger partial charge in [-0.3, -0.25) is 0 Å². The first-order valence-electron chi connectivity index (χ1n) is 2.05. The number of hydrogen-bond acceptors (Lipinski definition) is 2. The summed E-state index contributed by atoms with van der Waals surface area (Å²) in [5, 5.41) is 1.06. The predicted octanol–water partition coefficient (Wildman–Crippen LogP) is 0.817. The summed E-state index contributed by atoms with van der Waals surface area (Å²) in [5.74, 6) is 0. The fourth-order valence-electron chi connectivity index (χ4n) is 0.144. The van der Waals surface area contributed by atoms with E-state index in [2.05, 4.69) is 12.6 Å². The number of rotatable bonds is 2. The van der Waals surface area contributed by atoms with E-state index in [9.17, 15) is 0 Å². The summed E-state index contributed by atoms with van der Waals surface area (Å²) in [5.41, 5.74) is 5.17. The van der Waals surface area contributed by atoms with Crippen molar-refractivity contribution in [3.05, 3.63) is 5.25 Å². The first-order chi connectivity index (χ1) is 2.81. The van der Waals surface area contributed by atoms with E-state index >= 15 is 0 Å². The standard InChI is InChI=1S/C4H10NS/c1-2-4(6)3-5/h6H,2-3,5H2,1H3. The van der Waals surface area contributed by atoms with Crippen molar-refractivity contribution in [3.63, 3.8) is 0 Å². The second-order valence-corrected chi connectivity index (χ2v) is 1.76. The fourth-order valence-corrected chi connectivity index (χ4v) is 0.144. The molecule has 0 aliphatic rings. The molecule has 0 heterocycles. The van der Waals surface area contributed by atoms with Gasteiger partial charge in [-0.1, -0.05) is 6.92 Å². The zero-order valence-electron chi connectivity index (χ0n) is 3.94. The van der Waals surface area contributed by atoms with Gasteiger partial charge < -0.3 is 5.73 Å². The molecule has 1 nitrogen and oxygen atoms in total. The molecule has 0 amide bonds. The molecule has 37 valence electrons. The molecule has 6 heavy (non-hydrogen) atoms. The molecule has 0 atom stereocenters. The topological polar surface area (TPSA) is 26.0 Å². The van der Waals surface area contributed by atoms with Gasteiger partial charge in [0.25, 0.3) is 0 Å². The molecular formula is C4H10NS. The Morgan fingerprint density at radius 3 is 2.33 bits per heavy atom. The lowest BCUT2D eigenvalue weighted by Crippen LogP contribution is -2.04. The quantitative estimate of drug-likeness (QED) is 0.498. The van der Waals surface area contributed by atoms with E-state index in [1.54, 1.807) is 0 Å². The van der Waals surface area contributed by atoms with Crippen LogP contribution in [-0.4, -0.2) is 6.54 Å². The summed E-state index contributed by atoms with van der Waals surface area (Å²) in [6, 6.07) is 0. The smallest absolute Gasteiger partial charge is 0.0405 e. The minimum absolute atomic E-state index is 0.611. The molecule has 0 aliphatic carbocycles. The highest BCUT2D eigenvalue weighted by Gasteiger charge is 1.91. The summed E-state index contributed by atoms with van der Waals surface area (Å²) in [6.45, 7) is 2.65. The summed E-state index contributed by atoms with van der Waals surface area (Å²) >= 11 is 4.02. The Bertz CT molecular complexity index is 26.7. The Hall–Kier alpha value is 0.310. The Kier molecular flexibility index (Phi) is 3.68. The number of nitrogens with two attached hydrogens (primary N) is 1. The average molecular weight is 104 g/mol. The van der Waals surface area contributed by atoms with Crippen LogP contribution >= 0.6 is 12.6 Å². The van der Waals surface area contributed by atoms with Crippen molar-refractivity contribution in [2.45, 2.75) is 13.3 Å². The van der Waals surface area contributed by atoms with Crippen LogP contribution in [0.3, 0.4) is 0 Å². The van der Waals surface area contributed by atoms with Gasteiger partial charge in [-0.25, -0.2) is 0 Å². The first-order valence-corrected chi connectivity index (χ1v) is 2.49. The highest BCUT2D eigenvalue weighted by atomic mass is 32.1. The summed E-state index contributed by atoms with van der Waals surface area (Å²) < 4.78 is 0. The Labute approximate surface area is 44.3 Å². The van der Waals surface area contributed by atoms with Crippen LogP contribution < -0.4 is 5.73 Å². The monoisotopic (exact) mass is 104 g/mol. The molecule has 0 spiro atoms. The van der Waals surface area contributed by atoms with E-state index in [4.69, 9.17) is 5.73 Å². The average Bonchev–Trinajstić information content (AvgIpc) is 1.65. The largest absolute Gasteiger partial charge is 0.329 e. The number of thiol groups is 1. The molecule has 0 unspecified atom stereocenters. The van der Waals surface area contributed by atoms with Crippen LogP contribution in [0.1, 0.15) is 13.3 Å². The zero-order chi connectivity index (χ0) is 4.99. The van der Waals surface area contributed by atoms with E-state index in [0.29, 0.717) is 6.54 Å². The molecular weight excluding hydrogens is 94.1 g/mol. The van der Waals surface area contributed by atoms with E-state index in [1.165, 1.54) is 0 Å². The molecule has 0 aromatic heterocycles. The van der Waals surface area contributed by atoms with Crippen LogP contribution in [0.5, 0.6) is 0 Å². The van der Waals surface area contributed by atoms with E-state index in [1.807, 2.05) is 6.92 Å². The van der Waals surface area contributed by atoms with Gasteiger partial charge in [0.2, 0.25) is 0 Å². The van der Waals surface area contributed by atoms with Crippen LogP contribution in [0.15, 0.2) is 0 Å². The van der Waals surface area contributed by atoms with Crippen molar-refractivity contribution < 1.29 is 0 Å². The van der Waals surface area contributed by atoms with Gasteiger partial charge in [0, 0.05) is 11.8 Å². The third-order valence-corrected chi connectivity index (χ3v) is 1.14. The van der Waals surface area contributed by atoms with Crippen LogP contribution in [0.4, 0.5) is 0 Å². The van der Waals surface area contributed by atoms with Gasteiger partial charge in [0.15, 0.2) is 0 Å². The van der Waals surface area contributed by atoms with E-state index < -0.39 is 0 Å². The van der Waals surface area contributed by atoms with Gasteiger partial charge in [0.05, 0.1) is 0 Å². The Balaban J connectivity index is 2.75. The zero-order valence-corrected chi connectivity index (χ0v) is 4.83. The lowest BCUT2D eigenvalue weighted by Gasteiger charge is -1.96. The van der Waals surface area contributed by atoms with Gasteiger partial charge in [-0.15, -0.1) is 0 Å². The molecule has 0 aromatic carbocycles. The molecule has 1 radical (unpaired) electrons. The van der Waals surface area contributed by atoms with Crippen LogP contribution in [0.25, 0.3) is 0 Å². The van der Waals surface area contributed by atoms with Crippen molar-refractivity contribution in [1.82, 2.24) is 0 Å². The lowest BCUT2D eigenvalue weighted by molar-refractivity contribution is 0.970. The molecule has 0 fully saturated rings. The fraction of sp³-hybridized carbons (Fsp3) is 0.750. The highest BCUT2D eigenvalue weighted by molar-refractivity contribution is 7.83. The molecule has 0 aromatic rings. The molecule has 0 saturated carbocycles. The maximum Gasteiger partial charge on any atom is 0.0405 e. The SMILES string of the molecule is CC[C](S)CN. The molecule has 0 rings (SSSR count). The molecule has 2 N–H and O–H groups in total. The lowest BCUT2D eigenvalue weighted by atomic mass is 10.3. The van der Waals surface area contributed by atoms with Crippen molar-refractivity contribution in [3.8, 4) is 0 Å². The summed E-state index contributed by atoms with van der Waals surface area (Å²) in [7, 11) is 0. The van der Waals surface area contributed by atoms with Crippen LogP contribution in [0.2, 0.25) is 0 Å². The van der Waals surface area contributed by atoms with Gasteiger partial charge in [-0.2, -0.15) is 12.6 Å². The van der Waals surface area contributed by atoms with Crippen LogP contribution in [0, 0.1) is 5.25 Å². The molecule has 0 aliphatic heterocycles. The van der Waals surface area contributed by atoms with Crippen LogP contribution in [-0.2, 0) is 0 Å². The minimum atomic E-state index is 0.611. The molecule has 0 saturated heterocycles. The van der Waals surface area contributed by atoms with Crippen molar-refractivity contribution in [2.75, 3.05) is 6.54 Å². The number of hydrogen-bond donors (Lipinski definition) is 2. The van der Waals surface area contributed by atoms with Gasteiger partial charge in [0.1, 0.15) is 0 Å². The molecule has 2 heteroatoms. The third kappa shape index (κ3) is 2.54. The predicted molar refractivity (Wildman–Crippen MR) is 31.6 cm³/mol. The van der Waals surface area contributed by atoms with Gasteiger partial charge in [-0.05, 0) is 6.42 Å². The van der Waals surface area contributed by atoms with Gasteiger partial charge >= 0.3 is 0 Å². The molecule has 0 bridgehead atoms. The maximum atomic E-state index is 5.17. The van der Waals surface area contributed by atoms with Crippen molar-refractivity contribution in [1.29, 1.82) is 0 Å². The Morgan fingerprint density at radius 1 is 1.83 bits per heavy atom. The Morgan fingerprint density at radius 2 is 2.33 bits per heavy atom. The maximum absolute atomic E-state index is 5.17. The normalized spacial score (nSPS) is 10.0. The summed E-state index contributed by atoms with van der Waals surface area (Å²) in [6.07, 6.45) is 0.986. The van der Waals surface area contributed by atoms with E-state index in [-0.39, 0.29) is 0 Å². The first kappa shape index (κ1) is 6.31. The second-order valence-electron chi connectivity index (χ2n) is 1.12. The summed E-state index contributed by atoms with van der Waals surface area (Å²) in [4.78, 5) is 0. The van der Waals surface area contributed by atoms with Crippen molar-refractivity contribution >= 4 is 12.6 Å². The minimum Gasteiger partial charge on any atom is -0.329 e.